The van der Waals surface area contributed by atoms with Crippen molar-refractivity contribution in [1.82, 2.24) is 19.6 Å². The molecule has 1 N–H and O–H groups in total. The van der Waals surface area contributed by atoms with Gasteiger partial charge >= 0.3 is 0 Å². The maximum absolute atomic E-state index is 4.56. The summed E-state index contributed by atoms with van der Waals surface area (Å²) < 4.78 is 6.26. The Kier molecular flexibility index (Phi) is 4.05. The highest BCUT2D eigenvalue weighted by molar-refractivity contribution is 8.02. The van der Waals surface area contributed by atoms with Crippen LogP contribution in [0.4, 0.5) is 5.13 Å². The molecule has 5 nitrogen and oxygen atoms in total. The van der Waals surface area contributed by atoms with E-state index in [1.807, 2.05) is 18.2 Å². The van der Waals surface area contributed by atoms with Gasteiger partial charge in [-0.05, 0) is 41.7 Å². The fraction of sp³-hybridized carbons (Fsp3) is 0.286. The summed E-state index contributed by atoms with van der Waals surface area (Å²) in [5.74, 6) is 1.60. The second kappa shape index (κ2) is 6.31. The van der Waals surface area contributed by atoms with Crippen LogP contribution >= 0.6 is 34.6 Å². The number of nitrogens with zero attached hydrogens (tertiary/aromatic N) is 4. The van der Waals surface area contributed by atoms with Crippen molar-refractivity contribution in [1.29, 1.82) is 0 Å². The Balaban J connectivity index is 1.36. The van der Waals surface area contributed by atoms with Gasteiger partial charge in [-0.25, -0.2) is 4.98 Å². The van der Waals surface area contributed by atoms with Crippen molar-refractivity contribution >= 4 is 39.8 Å². The fourth-order valence-corrected chi connectivity index (χ4v) is 4.57. The van der Waals surface area contributed by atoms with Gasteiger partial charge in [-0.15, -0.1) is 10.2 Å². The second-order valence-corrected chi connectivity index (χ2v) is 8.23. The number of aromatic nitrogens is 4. The summed E-state index contributed by atoms with van der Waals surface area (Å²) >= 11 is 4.55. The molecule has 0 saturated heterocycles. The molecule has 8 heteroatoms. The van der Waals surface area contributed by atoms with E-state index < -0.39 is 0 Å². The van der Waals surface area contributed by atoms with Crippen LogP contribution in [0.15, 0.2) is 39.0 Å². The molecule has 2 aromatic heterocycles. The first-order valence-corrected chi connectivity index (χ1v) is 9.40. The number of hydrogen-bond acceptors (Lipinski definition) is 8. The standard InChI is InChI=1S/C14H13N5S3/c1-2-4-9(5-3-1)8-15-12-17-18-14(20-12)21-13-16-11(19-22-13)10-6-7-10/h1-5,10H,6-8H2,(H,15,17). The van der Waals surface area contributed by atoms with Gasteiger partial charge in [0.1, 0.15) is 5.82 Å². The second-order valence-electron chi connectivity index (χ2n) is 5.01. The normalized spacial score (nSPS) is 14.2. The molecule has 2 heterocycles. The van der Waals surface area contributed by atoms with Crippen LogP contribution in [0.1, 0.15) is 30.1 Å². The van der Waals surface area contributed by atoms with E-state index in [1.54, 1.807) is 23.1 Å². The van der Waals surface area contributed by atoms with Crippen molar-refractivity contribution in [2.45, 2.75) is 34.0 Å². The van der Waals surface area contributed by atoms with Gasteiger partial charge in [0, 0.05) is 12.5 Å². The van der Waals surface area contributed by atoms with Gasteiger partial charge in [0.25, 0.3) is 0 Å². The Morgan fingerprint density at radius 3 is 2.82 bits per heavy atom. The molecular weight excluding hydrogens is 334 g/mol. The Bertz CT molecular complexity index is 751. The maximum Gasteiger partial charge on any atom is 0.206 e. The summed E-state index contributed by atoms with van der Waals surface area (Å²) in [6.07, 6.45) is 2.46. The van der Waals surface area contributed by atoms with Gasteiger partial charge in [-0.2, -0.15) is 4.37 Å². The lowest BCUT2D eigenvalue weighted by atomic mass is 10.2. The minimum atomic E-state index is 0.600. The molecule has 0 bridgehead atoms. The average molecular weight is 347 g/mol. The van der Waals surface area contributed by atoms with E-state index in [-0.39, 0.29) is 0 Å². The Labute approximate surface area is 140 Å². The number of hydrogen-bond donors (Lipinski definition) is 1. The predicted octanol–water partition coefficient (Wildman–Crippen LogP) is 4.03. The van der Waals surface area contributed by atoms with Crippen molar-refractivity contribution in [2.24, 2.45) is 0 Å². The third-order valence-corrected chi connectivity index (χ3v) is 5.93. The minimum Gasteiger partial charge on any atom is -0.356 e. The first-order valence-electron chi connectivity index (χ1n) is 6.99. The zero-order valence-corrected chi connectivity index (χ0v) is 14.0. The zero-order valence-electron chi connectivity index (χ0n) is 11.6. The monoisotopic (exact) mass is 347 g/mol. The molecule has 0 radical (unpaired) electrons. The van der Waals surface area contributed by atoms with Crippen LogP contribution in [0.3, 0.4) is 0 Å². The number of rotatable bonds is 6. The van der Waals surface area contributed by atoms with E-state index in [0.29, 0.717) is 5.92 Å². The maximum atomic E-state index is 4.56. The molecule has 0 spiro atoms. The lowest BCUT2D eigenvalue weighted by molar-refractivity contribution is 0.955. The predicted molar refractivity (Wildman–Crippen MR) is 89.7 cm³/mol. The summed E-state index contributed by atoms with van der Waals surface area (Å²) in [6, 6.07) is 10.3. The van der Waals surface area contributed by atoms with Crippen LogP contribution in [-0.2, 0) is 6.54 Å². The number of anilines is 1. The molecule has 1 aliphatic rings. The third-order valence-electron chi connectivity index (χ3n) is 3.23. The molecule has 3 aromatic rings. The molecule has 22 heavy (non-hydrogen) atoms. The van der Waals surface area contributed by atoms with Crippen molar-refractivity contribution in [3.8, 4) is 0 Å². The van der Waals surface area contributed by atoms with E-state index in [2.05, 4.69) is 37.0 Å². The van der Waals surface area contributed by atoms with Crippen molar-refractivity contribution in [2.75, 3.05) is 5.32 Å². The van der Waals surface area contributed by atoms with E-state index >= 15 is 0 Å². The number of benzene rings is 1. The Morgan fingerprint density at radius 1 is 1.14 bits per heavy atom. The summed E-state index contributed by atoms with van der Waals surface area (Å²) in [5.41, 5.74) is 1.23. The Hall–Kier alpha value is -1.51. The van der Waals surface area contributed by atoms with E-state index in [0.717, 1.165) is 26.2 Å². The van der Waals surface area contributed by atoms with Gasteiger partial charge < -0.3 is 5.32 Å². The fourth-order valence-electron chi connectivity index (χ4n) is 1.94. The molecule has 4 rings (SSSR count). The summed E-state index contributed by atoms with van der Waals surface area (Å²) in [7, 11) is 0. The van der Waals surface area contributed by atoms with Crippen molar-refractivity contribution in [3.05, 3.63) is 41.7 Å². The van der Waals surface area contributed by atoms with Gasteiger partial charge in [-0.1, -0.05) is 41.7 Å². The molecule has 1 aliphatic carbocycles. The molecule has 0 amide bonds. The van der Waals surface area contributed by atoms with Crippen LogP contribution in [0.2, 0.25) is 0 Å². The molecule has 1 fully saturated rings. The van der Waals surface area contributed by atoms with Gasteiger partial charge in [0.05, 0.1) is 0 Å². The highest BCUT2D eigenvalue weighted by Gasteiger charge is 2.28. The van der Waals surface area contributed by atoms with Crippen molar-refractivity contribution < 1.29 is 0 Å². The molecule has 112 valence electrons. The molecule has 1 aromatic carbocycles. The molecule has 0 aliphatic heterocycles. The van der Waals surface area contributed by atoms with Gasteiger partial charge in [-0.3, -0.25) is 0 Å². The van der Waals surface area contributed by atoms with Crippen LogP contribution in [0.5, 0.6) is 0 Å². The van der Waals surface area contributed by atoms with Crippen LogP contribution in [0.25, 0.3) is 0 Å². The third kappa shape index (κ3) is 3.45. The summed E-state index contributed by atoms with van der Waals surface area (Å²) in [6.45, 7) is 0.755. The molecular formula is C14H13N5S3. The smallest absolute Gasteiger partial charge is 0.206 e. The average Bonchev–Trinajstić information content (AvgIpc) is 3.14. The quantitative estimate of drug-likeness (QED) is 0.726. The van der Waals surface area contributed by atoms with Crippen LogP contribution in [0, 0.1) is 0 Å². The SMILES string of the molecule is c1ccc(CNc2nnc(Sc3nc(C4CC4)ns3)s2)cc1. The molecule has 0 atom stereocenters. The highest BCUT2D eigenvalue weighted by Crippen LogP contribution is 2.41. The first-order chi connectivity index (χ1) is 10.9. The zero-order chi connectivity index (χ0) is 14.8. The lowest BCUT2D eigenvalue weighted by Crippen LogP contribution is -1.98. The van der Waals surface area contributed by atoms with Crippen LogP contribution in [-0.4, -0.2) is 19.6 Å². The summed E-state index contributed by atoms with van der Waals surface area (Å²) in [5, 5.41) is 12.5. The van der Waals surface area contributed by atoms with E-state index in [9.17, 15) is 0 Å². The van der Waals surface area contributed by atoms with Gasteiger partial charge in [0.15, 0.2) is 8.68 Å². The van der Waals surface area contributed by atoms with Crippen LogP contribution < -0.4 is 5.32 Å². The molecule has 0 unspecified atom stereocenters. The van der Waals surface area contributed by atoms with E-state index in [1.165, 1.54) is 29.9 Å². The minimum absolute atomic E-state index is 0.600. The number of nitrogens with one attached hydrogen (secondary N) is 1. The van der Waals surface area contributed by atoms with Crippen molar-refractivity contribution in [3.63, 3.8) is 0 Å². The summed E-state index contributed by atoms with van der Waals surface area (Å²) in [4.78, 5) is 4.56. The largest absolute Gasteiger partial charge is 0.356 e. The first kappa shape index (κ1) is 14.1. The lowest BCUT2D eigenvalue weighted by Gasteiger charge is -2.00. The topological polar surface area (TPSA) is 63.6 Å². The Morgan fingerprint density at radius 2 is 2.00 bits per heavy atom. The van der Waals surface area contributed by atoms with E-state index in [4.69, 9.17) is 0 Å². The highest BCUT2D eigenvalue weighted by atomic mass is 32.2. The van der Waals surface area contributed by atoms with Gasteiger partial charge in [0.2, 0.25) is 5.13 Å². The molecule has 1 saturated carbocycles.